The maximum absolute atomic E-state index is 13.1. The Morgan fingerprint density at radius 3 is 2.39 bits per heavy atom. The number of hydrogen-bond donors (Lipinski definition) is 1. The molecule has 0 amide bonds. The van der Waals surface area contributed by atoms with Crippen LogP contribution < -0.4 is 5.73 Å². The lowest BCUT2D eigenvalue weighted by atomic mass is 10.2. The molecule has 1 aromatic rings. The number of halogens is 2. The first-order chi connectivity index (χ1) is 8.54. The summed E-state index contributed by atoms with van der Waals surface area (Å²) in [6.45, 7) is 1.29. The molecule has 0 aromatic heterocycles. The van der Waals surface area contributed by atoms with E-state index in [4.69, 9.17) is 18.0 Å². The molecule has 1 saturated carbocycles. The highest BCUT2D eigenvalue weighted by Crippen LogP contribution is 2.28. The predicted octanol–water partition coefficient (Wildman–Crippen LogP) is 2.61. The molecule has 1 fully saturated rings. The molecule has 1 aromatic carbocycles. The Kier molecular flexibility index (Phi) is 4.24. The van der Waals surface area contributed by atoms with E-state index in [1.807, 2.05) is 0 Å². The minimum atomic E-state index is -0.532. The van der Waals surface area contributed by atoms with Gasteiger partial charge in [-0.25, -0.2) is 8.78 Å². The summed E-state index contributed by atoms with van der Waals surface area (Å²) in [5.74, 6) is -1.06. The molecule has 0 aliphatic heterocycles. The van der Waals surface area contributed by atoms with Crippen LogP contribution in [0.5, 0.6) is 0 Å². The predicted molar refractivity (Wildman–Crippen MR) is 71.2 cm³/mol. The Morgan fingerprint density at radius 2 is 1.89 bits per heavy atom. The third-order valence-corrected chi connectivity index (χ3v) is 3.22. The zero-order valence-electron chi connectivity index (χ0n) is 10.0. The average molecular weight is 270 g/mol. The van der Waals surface area contributed by atoms with Gasteiger partial charge in [0.15, 0.2) is 0 Å². The first-order valence-corrected chi connectivity index (χ1v) is 6.43. The first-order valence-electron chi connectivity index (χ1n) is 6.02. The molecule has 98 valence electrons. The molecule has 18 heavy (non-hydrogen) atoms. The summed E-state index contributed by atoms with van der Waals surface area (Å²) in [5.41, 5.74) is 6.14. The van der Waals surface area contributed by atoms with Crippen molar-refractivity contribution < 1.29 is 8.78 Å². The fraction of sp³-hybridized carbons (Fsp3) is 0.462. The smallest absolute Gasteiger partial charge is 0.126 e. The van der Waals surface area contributed by atoms with Crippen LogP contribution in [0.15, 0.2) is 18.2 Å². The van der Waals surface area contributed by atoms with Gasteiger partial charge in [-0.1, -0.05) is 12.2 Å². The lowest BCUT2D eigenvalue weighted by Gasteiger charge is -2.21. The number of hydrogen-bond acceptors (Lipinski definition) is 2. The van der Waals surface area contributed by atoms with E-state index in [2.05, 4.69) is 4.90 Å². The van der Waals surface area contributed by atoms with Gasteiger partial charge in [0, 0.05) is 31.6 Å². The number of benzene rings is 1. The molecule has 0 unspecified atom stereocenters. The quantitative estimate of drug-likeness (QED) is 0.806. The summed E-state index contributed by atoms with van der Waals surface area (Å²) in [5, 5.41) is 0. The van der Waals surface area contributed by atoms with Gasteiger partial charge in [-0.2, -0.15) is 0 Å². The monoisotopic (exact) mass is 270 g/mol. The van der Waals surface area contributed by atoms with Crippen LogP contribution >= 0.6 is 12.2 Å². The van der Waals surface area contributed by atoms with Gasteiger partial charge in [-0.15, -0.1) is 0 Å². The zero-order valence-corrected chi connectivity index (χ0v) is 10.9. The van der Waals surface area contributed by atoms with Crippen molar-refractivity contribution in [3.8, 4) is 0 Å². The summed E-state index contributed by atoms with van der Waals surface area (Å²) in [7, 11) is 0. The summed E-state index contributed by atoms with van der Waals surface area (Å²) in [6.07, 6.45) is 2.91. The van der Waals surface area contributed by atoms with Crippen molar-refractivity contribution in [2.75, 3.05) is 6.54 Å². The van der Waals surface area contributed by atoms with Crippen molar-refractivity contribution in [1.82, 2.24) is 4.90 Å². The van der Waals surface area contributed by atoms with Gasteiger partial charge in [-0.3, -0.25) is 4.90 Å². The number of nitrogens with zero attached hydrogens (tertiary/aromatic N) is 1. The largest absolute Gasteiger partial charge is 0.393 e. The van der Waals surface area contributed by atoms with Crippen LogP contribution in [0.3, 0.4) is 0 Å². The second kappa shape index (κ2) is 5.71. The van der Waals surface area contributed by atoms with Gasteiger partial charge < -0.3 is 5.73 Å². The Hall–Kier alpha value is -1.07. The van der Waals surface area contributed by atoms with Crippen molar-refractivity contribution in [2.24, 2.45) is 5.73 Å². The molecule has 0 saturated heterocycles. The first kappa shape index (κ1) is 13.4. The molecule has 1 aliphatic carbocycles. The average Bonchev–Trinajstić information content (AvgIpc) is 3.06. The molecule has 2 rings (SSSR count). The highest BCUT2D eigenvalue weighted by molar-refractivity contribution is 7.80. The maximum Gasteiger partial charge on any atom is 0.126 e. The van der Waals surface area contributed by atoms with E-state index in [1.54, 1.807) is 0 Å². The maximum atomic E-state index is 13.1. The van der Waals surface area contributed by atoms with Gasteiger partial charge in [0.1, 0.15) is 11.6 Å². The standard InChI is InChI=1S/C13H16F2N2S/c14-10-5-9(6-11(15)7-10)8-17(12-1-2-12)4-3-13(16)18/h5-7,12H,1-4,8H2,(H2,16,18). The number of rotatable bonds is 6. The Bertz CT molecular complexity index is 426. The van der Waals surface area contributed by atoms with Gasteiger partial charge in [0.25, 0.3) is 0 Å². The van der Waals surface area contributed by atoms with E-state index >= 15 is 0 Å². The topological polar surface area (TPSA) is 29.3 Å². The molecule has 0 atom stereocenters. The van der Waals surface area contributed by atoms with Crippen LogP contribution in [0, 0.1) is 11.6 Å². The van der Waals surface area contributed by atoms with Crippen LogP contribution in [0.1, 0.15) is 24.8 Å². The fourth-order valence-electron chi connectivity index (χ4n) is 2.02. The second-order valence-electron chi connectivity index (χ2n) is 4.70. The number of thiocarbonyl (C=S) groups is 1. The minimum Gasteiger partial charge on any atom is -0.393 e. The summed E-state index contributed by atoms with van der Waals surface area (Å²) < 4.78 is 26.2. The van der Waals surface area contributed by atoms with Crippen LogP contribution in [-0.4, -0.2) is 22.5 Å². The van der Waals surface area contributed by atoms with E-state index < -0.39 is 11.6 Å². The summed E-state index contributed by atoms with van der Waals surface area (Å²) in [4.78, 5) is 2.67. The minimum absolute atomic E-state index is 0.478. The van der Waals surface area contributed by atoms with Crippen LogP contribution in [-0.2, 0) is 6.54 Å². The Balaban J connectivity index is 2.01. The lowest BCUT2D eigenvalue weighted by Crippen LogP contribution is -2.29. The van der Waals surface area contributed by atoms with Gasteiger partial charge in [0.05, 0.1) is 4.99 Å². The molecular weight excluding hydrogens is 254 g/mol. The molecule has 5 heteroatoms. The lowest BCUT2D eigenvalue weighted by molar-refractivity contribution is 0.262. The van der Waals surface area contributed by atoms with Crippen LogP contribution in [0.25, 0.3) is 0 Å². The molecule has 2 nitrogen and oxygen atoms in total. The number of nitrogens with two attached hydrogens (primary N) is 1. The third-order valence-electron chi connectivity index (χ3n) is 3.02. The van der Waals surface area contributed by atoms with E-state index in [1.165, 1.54) is 12.1 Å². The highest BCUT2D eigenvalue weighted by atomic mass is 32.1. The van der Waals surface area contributed by atoms with Crippen molar-refractivity contribution in [3.63, 3.8) is 0 Å². The zero-order chi connectivity index (χ0) is 13.1. The van der Waals surface area contributed by atoms with Crippen molar-refractivity contribution in [1.29, 1.82) is 0 Å². The van der Waals surface area contributed by atoms with E-state index in [0.29, 0.717) is 29.6 Å². The molecule has 2 N–H and O–H groups in total. The molecular formula is C13H16F2N2S. The Labute approximate surface area is 111 Å². The highest BCUT2D eigenvalue weighted by Gasteiger charge is 2.28. The molecule has 1 aliphatic rings. The van der Waals surface area contributed by atoms with Crippen molar-refractivity contribution in [2.45, 2.75) is 31.8 Å². The normalized spacial score (nSPS) is 15.1. The van der Waals surface area contributed by atoms with E-state index in [0.717, 1.165) is 25.5 Å². The second-order valence-corrected chi connectivity index (χ2v) is 5.22. The van der Waals surface area contributed by atoms with Crippen molar-refractivity contribution >= 4 is 17.2 Å². The Morgan fingerprint density at radius 1 is 1.28 bits per heavy atom. The van der Waals surface area contributed by atoms with Crippen LogP contribution in [0.4, 0.5) is 8.78 Å². The van der Waals surface area contributed by atoms with Crippen LogP contribution in [0.2, 0.25) is 0 Å². The van der Waals surface area contributed by atoms with E-state index in [9.17, 15) is 8.78 Å². The SMILES string of the molecule is NC(=S)CCN(Cc1cc(F)cc(F)c1)C1CC1. The third kappa shape index (κ3) is 3.99. The molecule has 0 spiro atoms. The van der Waals surface area contributed by atoms with Gasteiger partial charge in [-0.05, 0) is 30.5 Å². The summed E-state index contributed by atoms with van der Waals surface area (Å²) in [6, 6.07) is 4.14. The molecule has 0 radical (unpaired) electrons. The summed E-state index contributed by atoms with van der Waals surface area (Å²) >= 11 is 4.86. The van der Waals surface area contributed by atoms with Gasteiger partial charge >= 0.3 is 0 Å². The molecule has 0 heterocycles. The van der Waals surface area contributed by atoms with Crippen molar-refractivity contribution in [3.05, 3.63) is 35.4 Å². The molecule has 0 bridgehead atoms. The fourth-order valence-corrected chi connectivity index (χ4v) is 2.11. The van der Waals surface area contributed by atoms with Gasteiger partial charge in [0.2, 0.25) is 0 Å². The van der Waals surface area contributed by atoms with E-state index in [-0.39, 0.29) is 0 Å².